The Labute approximate surface area is 236 Å². The van der Waals surface area contributed by atoms with Crippen LogP contribution in [0.4, 0.5) is 0 Å². The van der Waals surface area contributed by atoms with Gasteiger partial charge in [0.15, 0.2) is 18.9 Å². The standard InChI is InChI=1S/C23H45N5O13/c24-3-8-13(31)15(33)11(27)21(36-8)39-18-6(26)1-2-7(30)19(18)40-23-17(35)20(10(5-29)38-23)41-22-12(28)16(34)14(32)9(4-25)37-22/h6-23,29-35H,1-5,24-28H2/t6-,7-,8+,9-,10+,11+,12+,13+,14+,15+,16+,17+,18+,19+,20+,21+,22?,23-/m0/s1. The van der Waals surface area contributed by atoms with Gasteiger partial charge in [0.05, 0.1) is 24.8 Å². The minimum Gasteiger partial charge on any atom is -0.394 e. The molecule has 3 heterocycles. The molecular weight excluding hydrogens is 554 g/mol. The van der Waals surface area contributed by atoms with E-state index in [0.717, 1.165) is 0 Å². The van der Waals surface area contributed by atoms with Crippen LogP contribution in [-0.4, -0.2) is 166 Å². The zero-order chi connectivity index (χ0) is 30.2. The Morgan fingerprint density at radius 1 is 0.561 bits per heavy atom. The summed E-state index contributed by atoms with van der Waals surface area (Å²) in [7, 11) is 0. The molecule has 0 aromatic carbocycles. The first-order valence-corrected chi connectivity index (χ1v) is 13.7. The van der Waals surface area contributed by atoms with Gasteiger partial charge in [0, 0.05) is 19.1 Å². The smallest absolute Gasteiger partial charge is 0.187 e. The molecule has 0 radical (unpaired) electrons. The van der Waals surface area contributed by atoms with Crippen molar-refractivity contribution >= 4 is 0 Å². The fourth-order valence-electron chi connectivity index (χ4n) is 5.64. The van der Waals surface area contributed by atoms with Gasteiger partial charge >= 0.3 is 0 Å². The van der Waals surface area contributed by atoms with E-state index in [2.05, 4.69) is 0 Å². The number of nitrogens with two attached hydrogens (primary N) is 5. The van der Waals surface area contributed by atoms with E-state index >= 15 is 0 Å². The Kier molecular flexibility index (Phi) is 11.3. The predicted octanol–water partition coefficient (Wildman–Crippen LogP) is -7.83. The number of aliphatic hydroxyl groups excluding tert-OH is 7. The molecule has 0 spiro atoms. The van der Waals surface area contributed by atoms with E-state index in [0.29, 0.717) is 6.42 Å². The Bertz CT molecular complexity index is 835. The minimum absolute atomic E-state index is 0.132. The molecule has 3 saturated heterocycles. The summed E-state index contributed by atoms with van der Waals surface area (Å²) < 4.78 is 34.7. The highest BCUT2D eigenvalue weighted by Gasteiger charge is 2.53. The van der Waals surface area contributed by atoms with E-state index in [4.69, 9.17) is 57.1 Å². The van der Waals surface area contributed by atoms with Gasteiger partial charge in [-0.3, -0.25) is 0 Å². The molecule has 4 aliphatic rings. The van der Waals surface area contributed by atoms with Gasteiger partial charge in [-0.05, 0) is 12.8 Å². The van der Waals surface area contributed by atoms with Crippen LogP contribution in [0.5, 0.6) is 0 Å². The molecular formula is C23H45N5O13. The van der Waals surface area contributed by atoms with Crippen molar-refractivity contribution in [2.75, 3.05) is 19.7 Å². The van der Waals surface area contributed by atoms with Crippen molar-refractivity contribution in [3.05, 3.63) is 0 Å². The summed E-state index contributed by atoms with van der Waals surface area (Å²) in [5.41, 5.74) is 29.5. The second-order valence-corrected chi connectivity index (χ2v) is 11.0. The van der Waals surface area contributed by atoms with Crippen molar-refractivity contribution in [3.63, 3.8) is 0 Å². The summed E-state index contributed by atoms with van der Waals surface area (Å²) in [6, 6.07) is -3.11. The van der Waals surface area contributed by atoms with Crippen molar-refractivity contribution in [1.29, 1.82) is 0 Å². The maximum Gasteiger partial charge on any atom is 0.187 e. The van der Waals surface area contributed by atoms with E-state index in [1.807, 2.05) is 0 Å². The SMILES string of the molecule is NC[C@@H]1OC(O[C@H]2[C@@H](O)[C@H](O[C@H]3[C@H](O[C@H]4O[C@H](CN)[C@@H](O)[C@H](O)[C@H]4N)[C@@H](N)CC[C@@H]3O)O[C@@H]2CO)[C@H](N)[C@@H](O)[C@@H]1O. The summed E-state index contributed by atoms with van der Waals surface area (Å²) >= 11 is 0. The summed E-state index contributed by atoms with van der Waals surface area (Å²) in [6.45, 7) is -0.902. The van der Waals surface area contributed by atoms with Crippen LogP contribution in [-0.2, 0) is 28.4 Å². The Morgan fingerprint density at radius 2 is 1.02 bits per heavy atom. The third-order valence-electron chi connectivity index (χ3n) is 8.23. The van der Waals surface area contributed by atoms with Crippen molar-refractivity contribution in [1.82, 2.24) is 0 Å². The van der Waals surface area contributed by atoms with Crippen LogP contribution in [0.25, 0.3) is 0 Å². The second kappa shape index (κ2) is 13.9. The van der Waals surface area contributed by atoms with Crippen LogP contribution in [0, 0.1) is 0 Å². The van der Waals surface area contributed by atoms with Crippen LogP contribution >= 0.6 is 0 Å². The molecule has 41 heavy (non-hydrogen) atoms. The van der Waals surface area contributed by atoms with Gasteiger partial charge in [-0.25, -0.2) is 0 Å². The molecule has 0 amide bonds. The van der Waals surface area contributed by atoms with Gasteiger partial charge in [-0.15, -0.1) is 0 Å². The normalized spacial score (nSPS) is 53.0. The quantitative estimate of drug-likeness (QED) is 0.117. The lowest BCUT2D eigenvalue weighted by Gasteiger charge is -2.46. The van der Waals surface area contributed by atoms with E-state index in [1.165, 1.54) is 0 Å². The van der Waals surface area contributed by atoms with E-state index in [1.54, 1.807) is 0 Å². The molecule has 240 valence electrons. The van der Waals surface area contributed by atoms with Crippen molar-refractivity contribution < 1.29 is 64.2 Å². The van der Waals surface area contributed by atoms with E-state index in [-0.39, 0.29) is 19.5 Å². The largest absolute Gasteiger partial charge is 0.394 e. The lowest BCUT2D eigenvalue weighted by Crippen LogP contribution is -2.66. The number of hydrogen-bond donors (Lipinski definition) is 12. The molecule has 18 nitrogen and oxygen atoms in total. The fourth-order valence-corrected chi connectivity index (χ4v) is 5.64. The average molecular weight is 600 g/mol. The third kappa shape index (κ3) is 6.70. The zero-order valence-corrected chi connectivity index (χ0v) is 22.4. The first-order chi connectivity index (χ1) is 19.4. The van der Waals surface area contributed by atoms with E-state index in [9.17, 15) is 35.7 Å². The Hall–Kier alpha value is -0.720. The van der Waals surface area contributed by atoms with Crippen molar-refractivity contribution in [3.8, 4) is 0 Å². The lowest BCUT2D eigenvalue weighted by molar-refractivity contribution is -0.305. The lowest BCUT2D eigenvalue weighted by atomic mass is 9.87. The third-order valence-corrected chi connectivity index (χ3v) is 8.23. The molecule has 18 atom stereocenters. The second-order valence-electron chi connectivity index (χ2n) is 11.0. The Morgan fingerprint density at radius 3 is 1.51 bits per heavy atom. The molecule has 3 aliphatic heterocycles. The maximum absolute atomic E-state index is 11.1. The Balaban J connectivity index is 1.47. The summed E-state index contributed by atoms with van der Waals surface area (Å²) in [4.78, 5) is 0. The topological polar surface area (TPSA) is 327 Å². The first-order valence-electron chi connectivity index (χ1n) is 13.7. The monoisotopic (exact) mass is 599 g/mol. The van der Waals surface area contributed by atoms with Gasteiger partial charge < -0.3 is 92.8 Å². The highest BCUT2D eigenvalue weighted by molar-refractivity contribution is 4.99. The number of ether oxygens (including phenoxy) is 6. The fraction of sp³-hybridized carbons (Fsp3) is 1.00. The van der Waals surface area contributed by atoms with Crippen LogP contribution in [0.2, 0.25) is 0 Å². The summed E-state index contributed by atoms with van der Waals surface area (Å²) in [5, 5.41) is 72.7. The molecule has 18 heteroatoms. The molecule has 17 N–H and O–H groups in total. The van der Waals surface area contributed by atoms with Gasteiger partial charge in [0.1, 0.15) is 67.1 Å². The van der Waals surface area contributed by atoms with Gasteiger partial charge in [0.25, 0.3) is 0 Å². The summed E-state index contributed by atoms with van der Waals surface area (Å²) in [5.74, 6) is 0. The number of aliphatic hydroxyl groups is 7. The van der Waals surface area contributed by atoms with Crippen LogP contribution in [0.3, 0.4) is 0 Å². The van der Waals surface area contributed by atoms with Gasteiger partial charge in [-0.2, -0.15) is 0 Å². The molecule has 4 rings (SSSR count). The molecule has 0 bridgehead atoms. The van der Waals surface area contributed by atoms with Gasteiger partial charge in [0.2, 0.25) is 0 Å². The molecule has 0 aromatic heterocycles. The van der Waals surface area contributed by atoms with Crippen molar-refractivity contribution in [2.45, 2.75) is 123 Å². The average Bonchev–Trinajstić information content (AvgIpc) is 3.26. The number of hydrogen-bond acceptors (Lipinski definition) is 18. The molecule has 1 aliphatic carbocycles. The first kappa shape index (κ1) is 33.2. The highest BCUT2D eigenvalue weighted by atomic mass is 16.8. The highest BCUT2D eigenvalue weighted by Crippen LogP contribution is 2.34. The van der Waals surface area contributed by atoms with E-state index < -0.39 is 117 Å². The summed E-state index contributed by atoms with van der Waals surface area (Å²) in [6.07, 6.45) is -18.4. The number of rotatable bonds is 9. The predicted molar refractivity (Wildman–Crippen MR) is 135 cm³/mol. The molecule has 1 saturated carbocycles. The van der Waals surface area contributed by atoms with Crippen LogP contribution in [0.1, 0.15) is 12.8 Å². The molecule has 4 fully saturated rings. The minimum atomic E-state index is -1.55. The van der Waals surface area contributed by atoms with Gasteiger partial charge in [-0.1, -0.05) is 0 Å². The molecule has 1 unspecified atom stereocenters. The van der Waals surface area contributed by atoms with Crippen LogP contribution in [0.15, 0.2) is 0 Å². The zero-order valence-electron chi connectivity index (χ0n) is 22.4. The van der Waals surface area contributed by atoms with Crippen molar-refractivity contribution in [2.24, 2.45) is 28.7 Å². The molecule has 0 aromatic rings. The maximum atomic E-state index is 11.1. The van der Waals surface area contributed by atoms with Crippen LogP contribution < -0.4 is 28.7 Å².